The number of fused-ring (bicyclic) bond motifs is 4. The van der Waals surface area contributed by atoms with Gasteiger partial charge >= 0.3 is 0 Å². The van der Waals surface area contributed by atoms with Crippen molar-refractivity contribution < 1.29 is 4.79 Å². The summed E-state index contributed by atoms with van der Waals surface area (Å²) in [5.74, 6) is -0.0925. The van der Waals surface area contributed by atoms with Crippen LogP contribution in [0, 0.1) is 0 Å². The number of aromatic nitrogens is 4. The number of benzene rings is 2. The summed E-state index contributed by atoms with van der Waals surface area (Å²) in [6, 6.07) is 17.2. The van der Waals surface area contributed by atoms with Crippen LogP contribution in [0.5, 0.6) is 0 Å². The number of pyridine rings is 1. The molecule has 3 heterocycles. The van der Waals surface area contributed by atoms with Crippen molar-refractivity contribution in [2.45, 2.75) is 13.0 Å². The van der Waals surface area contributed by atoms with E-state index in [9.17, 15) is 4.79 Å². The molecule has 1 atom stereocenters. The molecule has 7 heteroatoms. The van der Waals surface area contributed by atoms with Gasteiger partial charge in [-0.15, -0.1) is 0 Å². The number of nitrogens with zero attached hydrogens (tertiary/aromatic N) is 4. The second kappa shape index (κ2) is 6.56. The van der Waals surface area contributed by atoms with E-state index >= 15 is 0 Å². The van der Waals surface area contributed by atoms with Gasteiger partial charge in [0.2, 0.25) is 0 Å². The first-order valence-electron chi connectivity index (χ1n) is 9.29. The van der Waals surface area contributed by atoms with Gasteiger partial charge in [0, 0.05) is 23.3 Å². The van der Waals surface area contributed by atoms with Crippen LogP contribution >= 0.6 is 0 Å². The van der Waals surface area contributed by atoms with E-state index in [0.29, 0.717) is 5.65 Å². The van der Waals surface area contributed by atoms with Crippen LogP contribution in [-0.2, 0) is 0 Å². The Hall–Kier alpha value is -4.00. The first kappa shape index (κ1) is 17.1. The van der Waals surface area contributed by atoms with Crippen LogP contribution in [0.3, 0.4) is 0 Å². The quantitative estimate of drug-likeness (QED) is 0.498. The van der Waals surface area contributed by atoms with Gasteiger partial charge in [-0.1, -0.05) is 36.4 Å². The number of hydrogen-bond acceptors (Lipinski definition) is 5. The topological polar surface area (TPSA) is 98.2 Å². The molecule has 2 aromatic carbocycles. The summed E-state index contributed by atoms with van der Waals surface area (Å²) >= 11 is 0. The Labute approximate surface area is 166 Å². The Balaban J connectivity index is 1.52. The molecule has 1 unspecified atom stereocenters. The lowest BCUT2D eigenvalue weighted by atomic mass is 10.0. The molecule has 29 heavy (non-hydrogen) atoms. The molecule has 7 nitrogen and oxygen atoms in total. The highest BCUT2D eigenvalue weighted by molar-refractivity contribution is 5.95. The summed E-state index contributed by atoms with van der Waals surface area (Å²) in [7, 11) is 0. The molecule has 0 fully saturated rings. The molecule has 0 bridgehead atoms. The van der Waals surface area contributed by atoms with Gasteiger partial charge < -0.3 is 11.1 Å². The van der Waals surface area contributed by atoms with Gasteiger partial charge in [0.05, 0.1) is 22.6 Å². The lowest BCUT2D eigenvalue weighted by Crippen LogP contribution is -2.28. The Bertz CT molecular complexity index is 1390. The minimum absolute atomic E-state index is 0.216. The number of nitrogen functional groups attached to an aromatic ring is 1. The van der Waals surface area contributed by atoms with E-state index in [1.165, 1.54) is 0 Å². The lowest BCUT2D eigenvalue weighted by molar-refractivity contribution is 0.0935. The maximum atomic E-state index is 12.9. The minimum Gasteiger partial charge on any atom is -0.381 e. The lowest BCUT2D eigenvalue weighted by Gasteiger charge is -2.16. The van der Waals surface area contributed by atoms with Gasteiger partial charge in [-0.2, -0.15) is 0 Å². The Kier molecular flexibility index (Phi) is 3.87. The molecule has 5 aromatic rings. The molecule has 0 radical (unpaired) electrons. The van der Waals surface area contributed by atoms with E-state index in [4.69, 9.17) is 5.73 Å². The Morgan fingerprint density at radius 1 is 1.07 bits per heavy atom. The first-order valence-corrected chi connectivity index (χ1v) is 9.29. The Morgan fingerprint density at radius 3 is 2.79 bits per heavy atom. The highest BCUT2D eigenvalue weighted by Crippen LogP contribution is 2.23. The number of hydrogen-bond donors (Lipinski definition) is 2. The van der Waals surface area contributed by atoms with Crippen LogP contribution in [-0.4, -0.2) is 25.3 Å². The van der Waals surface area contributed by atoms with Crippen molar-refractivity contribution in [3.05, 3.63) is 78.2 Å². The number of amides is 1. The maximum Gasteiger partial charge on any atom is 0.271 e. The molecule has 0 aliphatic carbocycles. The first-order chi connectivity index (χ1) is 14.1. The van der Waals surface area contributed by atoms with Crippen molar-refractivity contribution in [1.82, 2.24) is 24.7 Å². The average Bonchev–Trinajstić information content (AvgIpc) is 3.12. The second-order valence-corrected chi connectivity index (χ2v) is 6.92. The SMILES string of the molecule is CC(NC(=O)c1cn2c(nc3ccccc32)c(N)n1)c1cccc2cccnc12. The second-order valence-electron chi connectivity index (χ2n) is 6.92. The van der Waals surface area contributed by atoms with E-state index in [2.05, 4.69) is 20.3 Å². The highest BCUT2D eigenvalue weighted by Gasteiger charge is 2.18. The molecule has 0 spiro atoms. The smallest absolute Gasteiger partial charge is 0.271 e. The molecule has 0 saturated heterocycles. The number of nitrogens with two attached hydrogens (primary N) is 1. The summed E-state index contributed by atoms with van der Waals surface area (Å²) < 4.78 is 1.80. The summed E-state index contributed by atoms with van der Waals surface area (Å²) in [5.41, 5.74) is 10.3. The van der Waals surface area contributed by atoms with E-state index in [-0.39, 0.29) is 23.5 Å². The largest absolute Gasteiger partial charge is 0.381 e. The molecular weight excluding hydrogens is 364 g/mol. The standard InChI is InChI=1S/C22H18N6O/c1-13(15-8-4-6-14-7-5-11-24-19(14)15)25-22(29)17-12-28-18-10-3-2-9-16(18)27-21(28)20(23)26-17/h2-13H,1H3,(H2,23,26)(H,25,29). The van der Waals surface area contributed by atoms with Crippen LogP contribution in [0.1, 0.15) is 29.0 Å². The van der Waals surface area contributed by atoms with Crippen molar-refractivity contribution >= 4 is 39.3 Å². The summed E-state index contributed by atoms with van der Waals surface area (Å²) in [6.07, 6.45) is 3.42. The molecule has 5 rings (SSSR count). The van der Waals surface area contributed by atoms with Crippen molar-refractivity contribution in [2.75, 3.05) is 5.73 Å². The number of carbonyl (C=O) groups excluding carboxylic acids is 1. The van der Waals surface area contributed by atoms with Crippen molar-refractivity contribution in [3.8, 4) is 0 Å². The third-order valence-electron chi connectivity index (χ3n) is 5.03. The molecule has 0 aliphatic heterocycles. The summed E-state index contributed by atoms with van der Waals surface area (Å²) in [5, 5.41) is 4.03. The highest BCUT2D eigenvalue weighted by atomic mass is 16.1. The molecule has 3 N–H and O–H groups in total. The monoisotopic (exact) mass is 382 g/mol. The normalized spacial score (nSPS) is 12.4. The number of nitrogens with one attached hydrogen (secondary N) is 1. The van der Waals surface area contributed by atoms with Crippen molar-refractivity contribution in [2.24, 2.45) is 0 Å². The van der Waals surface area contributed by atoms with Crippen LogP contribution in [0.4, 0.5) is 5.82 Å². The number of anilines is 1. The van der Waals surface area contributed by atoms with Gasteiger partial charge in [-0.05, 0) is 25.1 Å². The van der Waals surface area contributed by atoms with Gasteiger partial charge in [0.15, 0.2) is 11.5 Å². The number of carbonyl (C=O) groups is 1. The van der Waals surface area contributed by atoms with E-state index < -0.39 is 0 Å². The fourth-order valence-electron chi connectivity index (χ4n) is 3.62. The zero-order valence-electron chi connectivity index (χ0n) is 15.7. The van der Waals surface area contributed by atoms with Crippen LogP contribution in [0.2, 0.25) is 0 Å². The maximum absolute atomic E-state index is 12.9. The zero-order chi connectivity index (χ0) is 20.0. The molecule has 142 valence electrons. The predicted molar refractivity (Wildman–Crippen MR) is 113 cm³/mol. The van der Waals surface area contributed by atoms with E-state index in [1.54, 1.807) is 16.8 Å². The summed E-state index contributed by atoms with van der Waals surface area (Å²) in [6.45, 7) is 1.93. The summed E-state index contributed by atoms with van der Waals surface area (Å²) in [4.78, 5) is 26.2. The van der Waals surface area contributed by atoms with Crippen LogP contribution in [0.25, 0.3) is 27.6 Å². The Morgan fingerprint density at radius 2 is 1.90 bits per heavy atom. The van der Waals surface area contributed by atoms with Gasteiger partial charge in [0.1, 0.15) is 5.69 Å². The van der Waals surface area contributed by atoms with Crippen molar-refractivity contribution in [3.63, 3.8) is 0 Å². The average molecular weight is 382 g/mol. The van der Waals surface area contributed by atoms with Crippen LogP contribution < -0.4 is 11.1 Å². The zero-order valence-corrected chi connectivity index (χ0v) is 15.7. The predicted octanol–water partition coefficient (Wildman–Crippen LogP) is 3.50. The van der Waals surface area contributed by atoms with Crippen LogP contribution in [0.15, 0.2) is 67.0 Å². The van der Waals surface area contributed by atoms with Crippen molar-refractivity contribution in [1.29, 1.82) is 0 Å². The third-order valence-corrected chi connectivity index (χ3v) is 5.03. The molecule has 3 aromatic heterocycles. The van der Waals surface area contributed by atoms with Gasteiger partial charge in [-0.25, -0.2) is 9.97 Å². The third kappa shape index (κ3) is 2.84. The van der Waals surface area contributed by atoms with E-state index in [1.807, 2.05) is 61.5 Å². The van der Waals surface area contributed by atoms with Gasteiger partial charge in [0.25, 0.3) is 5.91 Å². The fraction of sp³-hybridized carbons (Fsp3) is 0.0909. The molecule has 0 saturated carbocycles. The number of rotatable bonds is 3. The van der Waals surface area contributed by atoms with E-state index in [0.717, 1.165) is 27.5 Å². The number of imidazole rings is 1. The number of para-hydroxylation sites is 3. The molecule has 0 aliphatic rings. The van der Waals surface area contributed by atoms with Gasteiger partial charge in [-0.3, -0.25) is 14.2 Å². The molecule has 1 amide bonds. The minimum atomic E-state index is -0.309. The fourth-order valence-corrected chi connectivity index (χ4v) is 3.62. The molecular formula is C22H18N6O.